The standard InChI is InChI=1S/C21H22ClF3N2S/c1-27(2)10-9-20-17(13-28-12-14-5-3-4-6-18(14)22)16-11-15(21(23,24)25)7-8-19(16)26-20/h3-8,11,26H,9-10,12-13H2,1-2H3. The fourth-order valence-corrected chi connectivity index (χ4v) is 4.46. The molecule has 1 heterocycles. The minimum atomic E-state index is -4.35. The van der Waals surface area contributed by atoms with E-state index in [0.717, 1.165) is 41.4 Å². The molecule has 2 nitrogen and oxygen atoms in total. The maximum absolute atomic E-state index is 13.2. The summed E-state index contributed by atoms with van der Waals surface area (Å²) in [4.78, 5) is 5.39. The van der Waals surface area contributed by atoms with Crippen LogP contribution in [0.3, 0.4) is 0 Å². The molecule has 0 atom stereocenters. The van der Waals surface area contributed by atoms with Gasteiger partial charge in [0.1, 0.15) is 0 Å². The van der Waals surface area contributed by atoms with E-state index >= 15 is 0 Å². The highest BCUT2D eigenvalue weighted by Gasteiger charge is 2.31. The van der Waals surface area contributed by atoms with Crippen molar-refractivity contribution in [1.82, 2.24) is 9.88 Å². The quantitative estimate of drug-likeness (QED) is 0.472. The monoisotopic (exact) mass is 426 g/mol. The van der Waals surface area contributed by atoms with Gasteiger partial charge < -0.3 is 9.88 Å². The Kier molecular flexibility index (Phi) is 6.63. The van der Waals surface area contributed by atoms with E-state index in [-0.39, 0.29) is 0 Å². The number of halogens is 4. The average Bonchev–Trinajstić information content (AvgIpc) is 2.98. The molecule has 0 radical (unpaired) electrons. The van der Waals surface area contributed by atoms with Crippen molar-refractivity contribution in [1.29, 1.82) is 0 Å². The van der Waals surface area contributed by atoms with E-state index in [0.29, 0.717) is 21.9 Å². The Morgan fingerprint density at radius 3 is 2.50 bits per heavy atom. The van der Waals surface area contributed by atoms with E-state index in [1.807, 2.05) is 38.4 Å². The van der Waals surface area contributed by atoms with Gasteiger partial charge in [-0.3, -0.25) is 0 Å². The number of H-pyrrole nitrogens is 1. The van der Waals surface area contributed by atoms with Gasteiger partial charge in [-0.2, -0.15) is 24.9 Å². The number of likely N-dealkylation sites (N-methyl/N-ethyl adjacent to an activating group) is 1. The van der Waals surface area contributed by atoms with Crippen LogP contribution < -0.4 is 0 Å². The van der Waals surface area contributed by atoms with Gasteiger partial charge in [-0.05, 0) is 49.5 Å². The average molecular weight is 427 g/mol. The number of hydrogen-bond acceptors (Lipinski definition) is 2. The van der Waals surface area contributed by atoms with Gasteiger partial charge in [0, 0.05) is 46.1 Å². The van der Waals surface area contributed by atoms with E-state index in [1.165, 1.54) is 12.1 Å². The Morgan fingerprint density at radius 1 is 1.07 bits per heavy atom. The molecule has 28 heavy (non-hydrogen) atoms. The molecule has 0 unspecified atom stereocenters. The van der Waals surface area contributed by atoms with Gasteiger partial charge in [0.05, 0.1) is 5.56 Å². The van der Waals surface area contributed by atoms with Crippen molar-refractivity contribution in [2.24, 2.45) is 0 Å². The second-order valence-electron chi connectivity index (χ2n) is 6.98. The lowest BCUT2D eigenvalue weighted by atomic mass is 10.1. The molecule has 3 rings (SSSR count). The number of aromatic nitrogens is 1. The number of nitrogens with zero attached hydrogens (tertiary/aromatic N) is 1. The Labute approximate surface area is 172 Å². The van der Waals surface area contributed by atoms with Crippen molar-refractivity contribution >= 4 is 34.3 Å². The molecule has 0 aliphatic carbocycles. The summed E-state index contributed by atoms with van der Waals surface area (Å²) in [6, 6.07) is 11.6. The lowest BCUT2D eigenvalue weighted by Crippen LogP contribution is -2.15. The van der Waals surface area contributed by atoms with Crippen LogP contribution in [0.25, 0.3) is 10.9 Å². The molecule has 0 saturated heterocycles. The first kappa shape index (κ1) is 21.1. The molecule has 1 aromatic heterocycles. The second-order valence-corrected chi connectivity index (χ2v) is 8.37. The first-order valence-electron chi connectivity index (χ1n) is 8.92. The zero-order chi connectivity index (χ0) is 20.3. The van der Waals surface area contributed by atoms with Crippen molar-refractivity contribution in [3.63, 3.8) is 0 Å². The molecular weight excluding hydrogens is 405 g/mol. The second kappa shape index (κ2) is 8.80. The number of alkyl halides is 3. The highest BCUT2D eigenvalue weighted by molar-refractivity contribution is 7.97. The predicted molar refractivity (Wildman–Crippen MR) is 112 cm³/mol. The van der Waals surface area contributed by atoms with E-state index < -0.39 is 11.7 Å². The SMILES string of the molecule is CN(C)CCc1[nH]c2ccc(C(F)(F)F)cc2c1CSCc1ccccc1Cl. The molecule has 0 fully saturated rings. The Bertz CT molecular complexity index is 950. The van der Waals surface area contributed by atoms with Crippen LogP contribution in [0.15, 0.2) is 42.5 Å². The van der Waals surface area contributed by atoms with Crippen LogP contribution in [0.1, 0.15) is 22.4 Å². The highest BCUT2D eigenvalue weighted by Crippen LogP contribution is 2.35. The van der Waals surface area contributed by atoms with E-state index in [4.69, 9.17) is 11.6 Å². The van der Waals surface area contributed by atoms with Gasteiger partial charge in [0.15, 0.2) is 0 Å². The third kappa shape index (κ3) is 5.04. The number of rotatable bonds is 7. The summed E-state index contributed by atoms with van der Waals surface area (Å²) in [6.07, 6.45) is -3.59. The Hall–Kier alpha value is -1.63. The first-order chi connectivity index (χ1) is 13.3. The number of benzene rings is 2. The third-order valence-electron chi connectivity index (χ3n) is 4.59. The number of aromatic amines is 1. The van der Waals surface area contributed by atoms with Gasteiger partial charge in [0.25, 0.3) is 0 Å². The molecule has 0 spiro atoms. The topological polar surface area (TPSA) is 19.0 Å². The van der Waals surface area contributed by atoms with Gasteiger partial charge >= 0.3 is 6.18 Å². The summed E-state index contributed by atoms with van der Waals surface area (Å²) in [5.41, 5.74) is 3.10. The van der Waals surface area contributed by atoms with Crippen molar-refractivity contribution in [3.8, 4) is 0 Å². The molecule has 1 N–H and O–H groups in total. The van der Waals surface area contributed by atoms with Crippen LogP contribution >= 0.6 is 23.4 Å². The van der Waals surface area contributed by atoms with Crippen LogP contribution in [0.4, 0.5) is 13.2 Å². The third-order valence-corrected chi connectivity index (χ3v) is 5.97. The van der Waals surface area contributed by atoms with Crippen molar-refractivity contribution in [2.45, 2.75) is 24.1 Å². The summed E-state index contributed by atoms with van der Waals surface area (Å²) in [5, 5.41) is 1.36. The van der Waals surface area contributed by atoms with Gasteiger partial charge in [-0.25, -0.2) is 0 Å². The van der Waals surface area contributed by atoms with Crippen LogP contribution in [0.2, 0.25) is 5.02 Å². The summed E-state index contributed by atoms with van der Waals surface area (Å²) >= 11 is 7.87. The van der Waals surface area contributed by atoms with E-state index in [9.17, 15) is 13.2 Å². The molecule has 150 valence electrons. The maximum atomic E-state index is 13.2. The lowest BCUT2D eigenvalue weighted by Gasteiger charge is -2.11. The van der Waals surface area contributed by atoms with Crippen LogP contribution in [-0.4, -0.2) is 30.5 Å². The minimum Gasteiger partial charge on any atom is -0.358 e. The fraction of sp³-hybridized carbons (Fsp3) is 0.333. The lowest BCUT2D eigenvalue weighted by molar-refractivity contribution is -0.137. The fourth-order valence-electron chi connectivity index (χ4n) is 3.07. The zero-order valence-corrected chi connectivity index (χ0v) is 17.3. The summed E-state index contributed by atoms with van der Waals surface area (Å²) in [5.74, 6) is 1.33. The van der Waals surface area contributed by atoms with E-state index in [1.54, 1.807) is 11.8 Å². The smallest absolute Gasteiger partial charge is 0.358 e. The predicted octanol–water partition coefficient (Wildman–Crippen LogP) is 6.38. The largest absolute Gasteiger partial charge is 0.416 e. The normalized spacial score (nSPS) is 12.2. The molecule has 0 saturated carbocycles. The zero-order valence-electron chi connectivity index (χ0n) is 15.7. The molecule has 0 amide bonds. The van der Waals surface area contributed by atoms with Gasteiger partial charge in [-0.1, -0.05) is 29.8 Å². The molecular formula is C21H22ClF3N2S. The molecule has 0 bridgehead atoms. The van der Waals surface area contributed by atoms with E-state index in [2.05, 4.69) is 9.88 Å². The summed E-state index contributed by atoms with van der Waals surface area (Å²) in [6.45, 7) is 0.821. The highest BCUT2D eigenvalue weighted by atomic mass is 35.5. The summed E-state index contributed by atoms with van der Waals surface area (Å²) < 4.78 is 39.6. The van der Waals surface area contributed by atoms with Crippen molar-refractivity contribution in [3.05, 3.63) is 69.9 Å². The van der Waals surface area contributed by atoms with Gasteiger partial charge in [0.2, 0.25) is 0 Å². The molecule has 2 aromatic carbocycles. The van der Waals surface area contributed by atoms with Crippen LogP contribution in [0, 0.1) is 0 Å². The maximum Gasteiger partial charge on any atom is 0.416 e. The van der Waals surface area contributed by atoms with Crippen molar-refractivity contribution < 1.29 is 13.2 Å². The molecule has 0 aliphatic rings. The molecule has 0 aliphatic heterocycles. The number of fused-ring (bicyclic) bond motifs is 1. The molecule has 7 heteroatoms. The first-order valence-corrected chi connectivity index (χ1v) is 10.5. The van der Waals surface area contributed by atoms with Crippen molar-refractivity contribution in [2.75, 3.05) is 20.6 Å². The molecule has 3 aromatic rings. The Balaban J connectivity index is 1.89. The number of nitrogens with one attached hydrogen (secondary N) is 1. The van der Waals surface area contributed by atoms with Crippen LogP contribution in [0.5, 0.6) is 0 Å². The Morgan fingerprint density at radius 2 is 1.82 bits per heavy atom. The minimum absolute atomic E-state index is 0.615. The van der Waals surface area contributed by atoms with Crippen LogP contribution in [-0.2, 0) is 24.1 Å². The number of hydrogen-bond donors (Lipinski definition) is 1. The number of thioether (sulfide) groups is 1. The van der Waals surface area contributed by atoms with Gasteiger partial charge in [-0.15, -0.1) is 0 Å². The summed E-state index contributed by atoms with van der Waals surface area (Å²) in [7, 11) is 3.96.